The number of carbonyl (C=O) groups is 3. The van der Waals surface area contributed by atoms with Gasteiger partial charge in [-0.2, -0.15) is 0 Å². The predicted octanol–water partition coefficient (Wildman–Crippen LogP) is 5.50. The van der Waals surface area contributed by atoms with Crippen LogP contribution >= 0.6 is 0 Å². The van der Waals surface area contributed by atoms with Gasteiger partial charge in [-0.3, -0.25) is 14.4 Å². The second-order valence-corrected chi connectivity index (χ2v) is 11.3. The number of ketones is 1. The Balaban J connectivity index is 1.65. The fraction of sp³-hybridized carbons (Fsp3) is 0.516. The molecule has 0 aromatic heterocycles. The molecule has 4 aliphatic rings. The molecule has 5 rings (SSSR count). The largest absolute Gasteiger partial charge is 0.445 e. The molecule has 1 aromatic rings. The van der Waals surface area contributed by atoms with Crippen LogP contribution in [-0.2, 0) is 19.1 Å². The molecule has 4 aliphatic carbocycles. The molecule has 5 heteroatoms. The molecule has 2 saturated carbocycles. The quantitative estimate of drug-likeness (QED) is 0.419. The summed E-state index contributed by atoms with van der Waals surface area (Å²) in [6.45, 7) is 5.24. The van der Waals surface area contributed by atoms with Gasteiger partial charge in [0, 0.05) is 44.3 Å². The van der Waals surface area contributed by atoms with E-state index in [0.717, 1.165) is 37.8 Å². The van der Waals surface area contributed by atoms with E-state index in [1.54, 1.807) is 18.9 Å². The Hall–Kier alpha value is -3.13. The van der Waals surface area contributed by atoms with E-state index in [0.29, 0.717) is 24.7 Å². The zero-order valence-corrected chi connectivity index (χ0v) is 21.7. The normalized spacial score (nSPS) is 33.0. The third-order valence-corrected chi connectivity index (χ3v) is 9.56. The second-order valence-electron chi connectivity index (χ2n) is 11.3. The maximum absolute atomic E-state index is 12.2. The lowest BCUT2D eigenvalue weighted by Gasteiger charge is -2.54. The van der Waals surface area contributed by atoms with Crippen LogP contribution in [0.2, 0.25) is 0 Å². The van der Waals surface area contributed by atoms with Gasteiger partial charge in [-0.1, -0.05) is 30.6 Å². The van der Waals surface area contributed by atoms with E-state index in [9.17, 15) is 14.4 Å². The van der Waals surface area contributed by atoms with Gasteiger partial charge in [0.15, 0.2) is 11.4 Å². The number of nitrogens with zero attached hydrogens (tertiary/aromatic N) is 1. The molecule has 0 radical (unpaired) electrons. The molecule has 0 saturated heterocycles. The number of rotatable bonds is 3. The van der Waals surface area contributed by atoms with E-state index in [4.69, 9.17) is 11.2 Å². The van der Waals surface area contributed by atoms with Gasteiger partial charge >= 0.3 is 5.97 Å². The van der Waals surface area contributed by atoms with Crippen LogP contribution in [0.3, 0.4) is 0 Å². The van der Waals surface area contributed by atoms with Crippen molar-refractivity contribution in [1.82, 2.24) is 0 Å². The zero-order valence-electron chi connectivity index (χ0n) is 21.7. The van der Waals surface area contributed by atoms with Gasteiger partial charge in [0.25, 0.3) is 0 Å². The van der Waals surface area contributed by atoms with Gasteiger partial charge < -0.3 is 9.64 Å². The number of hydrogen-bond acceptors (Lipinski definition) is 4. The highest BCUT2D eigenvalue weighted by molar-refractivity contribution is 5.93. The minimum atomic E-state index is -0.911. The van der Waals surface area contributed by atoms with Crippen molar-refractivity contribution in [3.63, 3.8) is 0 Å². The van der Waals surface area contributed by atoms with Crippen LogP contribution in [0, 0.1) is 29.6 Å². The summed E-state index contributed by atoms with van der Waals surface area (Å²) in [7, 11) is 1.78. The van der Waals surface area contributed by atoms with E-state index in [1.165, 1.54) is 29.2 Å². The molecule has 36 heavy (non-hydrogen) atoms. The van der Waals surface area contributed by atoms with Crippen molar-refractivity contribution in [3.8, 4) is 12.3 Å². The average molecular weight is 486 g/mol. The highest BCUT2D eigenvalue weighted by atomic mass is 16.6. The Morgan fingerprint density at radius 3 is 2.47 bits per heavy atom. The Morgan fingerprint density at radius 2 is 1.83 bits per heavy atom. The van der Waals surface area contributed by atoms with Crippen molar-refractivity contribution in [1.29, 1.82) is 0 Å². The first-order chi connectivity index (χ1) is 17.1. The molecule has 0 N–H and O–H groups in total. The van der Waals surface area contributed by atoms with E-state index >= 15 is 0 Å². The van der Waals surface area contributed by atoms with Gasteiger partial charge in [0.2, 0.25) is 5.91 Å². The van der Waals surface area contributed by atoms with Gasteiger partial charge in [-0.15, -0.1) is 6.42 Å². The van der Waals surface area contributed by atoms with E-state index in [2.05, 4.69) is 25.0 Å². The molecule has 1 amide bonds. The number of anilines is 1. The minimum absolute atomic E-state index is 0.0131. The highest BCUT2D eigenvalue weighted by Gasteiger charge is 2.64. The lowest BCUT2D eigenvalue weighted by atomic mass is 9.51. The van der Waals surface area contributed by atoms with Crippen LogP contribution < -0.4 is 4.90 Å². The maximum Gasteiger partial charge on any atom is 0.304 e. The first-order valence-corrected chi connectivity index (χ1v) is 13.1. The molecule has 0 aliphatic heterocycles. The van der Waals surface area contributed by atoms with Crippen molar-refractivity contribution in [2.45, 2.75) is 77.2 Å². The van der Waals surface area contributed by atoms with Crippen LogP contribution in [0.25, 0.3) is 0 Å². The molecule has 5 atom stereocenters. The first-order valence-electron chi connectivity index (χ1n) is 13.1. The molecule has 5 nitrogen and oxygen atoms in total. The molecule has 0 unspecified atom stereocenters. The summed E-state index contributed by atoms with van der Waals surface area (Å²) in [6.07, 6.45) is 13.7. The number of esters is 1. The molecular weight excluding hydrogens is 450 g/mol. The number of fused-ring (bicyclic) bond motifs is 4. The van der Waals surface area contributed by atoms with E-state index in [-0.39, 0.29) is 29.0 Å². The highest BCUT2D eigenvalue weighted by Crippen LogP contribution is 2.67. The van der Waals surface area contributed by atoms with Gasteiger partial charge in [-0.25, -0.2) is 0 Å². The monoisotopic (exact) mass is 485 g/mol. The number of benzene rings is 1. The summed E-state index contributed by atoms with van der Waals surface area (Å²) in [5, 5.41) is 0. The van der Waals surface area contributed by atoms with Gasteiger partial charge in [-0.05, 0) is 85.3 Å². The number of amides is 1. The van der Waals surface area contributed by atoms with Gasteiger partial charge in [0.05, 0.1) is 0 Å². The standard InChI is InChI=1S/C31H35NO4/c1-6-31(36-20(3)34)16-15-28-26-13-9-22-17-24(35)12-14-25(22)29(26)27(18-30(28,31)4)21-7-10-23(11-8-21)32(5)19(2)33/h1,7-8,10-11,17,26-28H,9,12-16,18H2,2-5H3/t26-,27+,28-,30-,31-/m0/s1. The minimum Gasteiger partial charge on any atom is -0.445 e. The fourth-order valence-electron chi connectivity index (χ4n) is 7.74. The maximum atomic E-state index is 12.2. The van der Waals surface area contributed by atoms with E-state index in [1.807, 2.05) is 18.2 Å². The smallest absolute Gasteiger partial charge is 0.304 e. The Bertz CT molecular complexity index is 1230. The number of carbonyl (C=O) groups excluding carboxylic acids is 3. The third-order valence-electron chi connectivity index (χ3n) is 9.56. The predicted molar refractivity (Wildman–Crippen MR) is 139 cm³/mol. The van der Waals surface area contributed by atoms with Crippen molar-refractivity contribution in [2.24, 2.45) is 17.3 Å². The molecule has 0 spiro atoms. The summed E-state index contributed by atoms with van der Waals surface area (Å²) in [4.78, 5) is 38.0. The summed E-state index contributed by atoms with van der Waals surface area (Å²) in [5.74, 6) is 3.63. The van der Waals surface area contributed by atoms with Crippen LogP contribution in [0.1, 0.15) is 77.2 Å². The van der Waals surface area contributed by atoms with E-state index < -0.39 is 5.60 Å². The SMILES string of the molecule is C#C[C@]1(OC(C)=O)CC[C@H]2[C@@H]3CCC4=CC(=O)CCC4=C3[C@@H](c3ccc(N(C)C(C)=O)cc3)C[C@@]21C. The summed E-state index contributed by atoms with van der Waals surface area (Å²) < 4.78 is 5.99. The first kappa shape index (κ1) is 24.6. The van der Waals surface area contributed by atoms with Crippen LogP contribution in [-0.4, -0.2) is 30.3 Å². The molecule has 1 aromatic carbocycles. The van der Waals surface area contributed by atoms with Crippen LogP contribution in [0.15, 0.2) is 47.1 Å². The Labute approximate surface area is 214 Å². The van der Waals surface area contributed by atoms with Crippen molar-refractivity contribution < 1.29 is 19.1 Å². The summed E-state index contributed by atoms with van der Waals surface area (Å²) in [5.41, 5.74) is 4.81. The lowest BCUT2D eigenvalue weighted by Crippen LogP contribution is -2.52. The number of allylic oxidation sites excluding steroid dienone is 4. The van der Waals surface area contributed by atoms with Crippen LogP contribution in [0.4, 0.5) is 5.69 Å². The van der Waals surface area contributed by atoms with Gasteiger partial charge in [0.1, 0.15) is 0 Å². The van der Waals surface area contributed by atoms with Crippen molar-refractivity contribution >= 4 is 23.3 Å². The lowest BCUT2D eigenvalue weighted by molar-refractivity contribution is -0.164. The molecule has 188 valence electrons. The molecule has 0 heterocycles. The average Bonchev–Trinajstić information content (AvgIpc) is 3.14. The molecular formula is C31H35NO4. The topological polar surface area (TPSA) is 63.7 Å². The number of ether oxygens (including phenoxy) is 1. The Kier molecular flexibility index (Phi) is 5.98. The fourth-order valence-corrected chi connectivity index (χ4v) is 7.74. The molecule has 0 bridgehead atoms. The van der Waals surface area contributed by atoms with Crippen molar-refractivity contribution in [2.75, 3.05) is 11.9 Å². The second kappa shape index (κ2) is 8.76. The third kappa shape index (κ3) is 3.65. The number of hydrogen-bond donors (Lipinski definition) is 0. The van der Waals surface area contributed by atoms with Crippen molar-refractivity contribution in [3.05, 3.63) is 52.6 Å². The summed E-state index contributed by atoms with van der Waals surface area (Å²) in [6, 6.07) is 8.26. The Morgan fingerprint density at radius 1 is 1.11 bits per heavy atom. The summed E-state index contributed by atoms with van der Waals surface area (Å²) >= 11 is 0. The zero-order chi connectivity index (χ0) is 25.8. The molecule has 2 fully saturated rings. The van der Waals surface area contributed by atoms with Crippen LogP contribution in [0.5, 0.6) is 0 Å². The number of terminal acetylenes is 1.